The first-order valence-electron chi connectivity index (χ1n) is 4.79. The summed E-state index contributed by atoms with van der Waals surface area (Å²) >= 11 is 0. The van der Waals surface area contributed by atoms with Crippen molar-refractivity contribution >= 4 is 0 Å². The zero-order chi connectivity index (χ0) is 10.1. The zero-order valence-electron chi connectivity index (χ0n) is 8.96. The standard InChI is InChI=1S/C11H18N2/c1-9(2)10(12-3)8-11(6-7-11)13(4)5/h8-9H,6-7H2,1-2,4-5H3/b10-8-. The van der Waals surface area contributed by atoms with Crippen molar-refractivity contribution < 1.29 is 0 Å². The Morgan fingerprint density at radius 1 is 1.46 bits per heavy atom. The normalized spacial score (nSPS) is 20.5. The van der Waals surface area contributed by atoms with Gasteiger partial charge in [0.1, 0.15) is 0 Å². The molecule has 0 radical (unpaired) electrons. The molecule has 0 unspecified atom stereocenters. The van der Waals surface area contributed by atoms with Gasteiger partial charge in [-0.05, 0) is 32.9 Å². The van der Waals surface area contributed by atoms with Crippen LogP contribution in [0, 0.1) is 12.5 Å². The van der Waals surface area contributed by atoms with E-state index in [1.165, 1.54) is 12.8 Å². The third kappa shape index (κ3) is 2.10. The first kappa shape index (κ1) is 10.3. The molecular weight excluding hydrogens is 160 g/mol. The molecule has 0 amide bonds. The molecule has 1 aliphatic rings. The molecule has 2 heteroatoms. The SMILES string of the molecule is [C-]#[N+]/C(=C\C1(N(C)C)CC1)C(C)C. The van der Waals surface area contributed by atoms with Crippen molar-refractivity contribution in [3.05, 3.63) is 23.2 Å². The van der Waals surface area contributed by atoms with Crippen molar-refractivity contribution in [1.29, 1.82) is 0 Å². The summed E-state index contributed by atoms with van der Waals surface area (Å²) in [5.41, 5.74) is 1.12. The summed E-state index contributed by atoms with van der Waals surface area (Å²) in [5, 5.41) is 0. The predicted molar refractivity (Wildman–Crippen MR) is 55.2 cm³/mol. The van der Waals surface area contributed by atoms with Crippen LogP contribution in [0.4, 0.5) is 0 Å². The van der Waals surface area contributed by atoms with Gasteiger partial charge < -0.3 is 4.90 Å². The Balaban J connectivity index is 2.80. The van der Waals surface area contributed by atoms with Gasteiger partial charge in [-0.2, -0.15) is 0 Å². The van der Waals surface area contributed by atoms with E-state index in [4.69, 9.17) is 6.57 Å². The lowest BCUT2D eigenvalue weighted by Crippen LogP contribution is -2.28. The highest BCUT2D eigenvalue weighted by Crippen LogP contribution is 2.42. The second kappa shape index (κ2) is 3.51. The minimum atomic E-state index is 0.212. The van der Waals surface area contributed by atoms with E-state index in [0.29, 0.717) is 5.92 Å². The molecule has 1 aliphatic carbocycles. The smallest absolute Gasteiger partial charge is 0.166 e. The molecule has 13 heavy (non-hydrogen) atoms. The Morgan fingerprint density at radius 2 is 2.00 bits per heavy atom. The monoisotopic (exact) mass is 178 g/mol. The van der Waals surface area contributed by atoms with Crippen LogP contribution in [0.25, 0.3) is 4.85 Å². The van der Waals surface area contributed by atoms with E-state index < -0.39 is 0 Å². The summed E-state index contributed by atoms with van der Waals surface area (Å²) in [6.45, 7) is 11.2. The molecule has 72 valence electrons. The van der Waals surface area contributed by atoms with Crippen molar-refractivity contribution in [2.45, 2.75) is 32.2 Å². The summed E-state index contributed by atoms with van der Waals surface area (Å²) in [6, 6.07) is 0. The van der Waals surface area contributed by atoms with Crippen LogP contribution < -0.4 is 0 Å². The van der Waals surface area contributed by atoms with Gasteiger partial charge in [0.15, 0.2) is 5.70 Å². The second-order valence-corrected chi connectivity index (χ2v) is 4.33. The Bertz CT molecular complexity index is 252. The molecule has 1 saturated carbocycles. The maximum absolute atomic E-state index is 7.08. The van der Waals surface area contributed by atoms with Gasteiger partial charge in [0.25, 0.3) is 0 Å². The van der Waals surface area contributed by atoms with Crippen LogP contribution in [0.1, 0.15) is 26.7 Å². The van der Waals surface area contributed by atoms with E-state index >= 15 is 0 Å². The molecule has 0 saturated heterocycles. The molecule has 0 aromatic rings. The molecule has 0 bridgehead atoms. The molecule has 1 fully saturated rings. The first-order valence-corrected chi connectivity index (χ1v) is 4.79. The van der Waals surface area contributed by atoms with Gasteiger partial charge in [-0.25, -0.2) is 4.85 Å². The van der Waals surface area contributed by atoms with E-state index in [9.17, 15) is 0 Å². The van der Waals surface area contributed by atoms with Gasteiger partial charge in [-0.3, -0.25) is 0 Å². The van der Waals surface area contributed by atoms with Crippen LogP contribution in [0.3, 0.4) is 0 Å². The summed E-state index contributed by atoms with van der Waals surface area (Å²) < 4.78 is 0. The molecule has 0 heterocycles. The van der Waals surface area contributed by atoms with Gasteiger partial charge in [0, 0.05) is 5.54 Å². The topological polar surface area (TPSA) is 7.60 Å². The number of likely N-dealkylation sites (N-methyl/N-ethyl adjacent to an activating group) is 1. The van der Waals surface area contributed by atoms with Gasteiger partial charge in [0.2, 0.25) is 0 Å². The maximum atomic E-state index is 7.08. The van der Waals surface area contributed by atoms with Gasteiger partial charge in [0.05, 0.1) is 6.57 Å². The zero-order valence-corrected chi connectivity index (χ0v) is 8.96. The third-order valence-electron chi connectivity index (χ3n) is 2.79. The lowest BCUT2D eigenvalue weighted by molar-refractivity contribution is 0.323. The van der Waals surface area contributed by atoms with Crippen LogP contribution >= 0.6 is 0 Å². The Kier molecular flexibility index (Phi) is 2.77. The van der Waals surface area contributed by atoms with Crippen LogP contribution in [0.5, 0.6) is 0 Å². The van der Waals surface area contributed by atoms with E-state index in [1.807, 2.05) is 0 Å². The fourth-order valence-electron chi connectivity index (χ4n) is 1.45. The maximum Gasteiger partial charge on any atom is 0.166 e. The van der Waals surface area contributed by atoms with Crippen LogP contribution in [-0.4, -0.2) is 24.5 Å². The summed E-state index contributed by atoms with van der Waals surface area (Å²) in [7, 11) is 4.18. The molecule has 2 nitrogen and oxygen atoms in total. The molecule has 0 aromatic heterocycles. The number of rotatable bonds is 3. The van der Waals surface area contributed by atoms with Crippen molar-refractivity contribution in [2.75, 3.05) is 14.1 Å². The Morgan fingerprint density at radius 3 is 2.23 bits per heavy atom. The van der Waals surface area contributed by atoms with Crippen molar-refractivity contribution in [1.82, 2.24) is 4.90 Å². The molecular formula is C11H18N2. The summed E-state index contributed by atoms with van der Waals surface area (Å²) in [5.74, 6) is 0.356. The fraction of sp³-hybridized carbons (Fsp3) is 0.727. The average molecular weight is 178 g/mol. The Hall–Kier alpha value is -0.810. The molecule has 0 aliphatic heterocycles. The van der Waals surface area contributed by atoms with E-state index in [2.05, 4.69) is 43.8 Å². The van der Waals surface area contributed by atoms with Crippen molar-refractivity contribution in [2.24, 2.45) is 5.92 Å². The first-order chi connectivity index (χ1) is 6.02. The molecule has 0 N–H and O–H groups in total. The van der Waals surface area contributed by atoms with Crippen LogP contribution in [0.15, 0.2) is 11.8 Å². The average Bonchev–Trinajstić information content (AvgIpc) is 2.80. The molecule has 0 spiro atoms. The van der Waals surface area contributed by atoms with E-state index in [1.54, 1.807) is 0 Å². The lowest BCUT2D eigenvalue weighted by atomic mass is 10.1. The van der Waals surface area contributed by atoms with Gasteiger partial charge in [-0.15, -0.1) is 0 Å². The molecule has 0 aromatic carbocycles. The molecule has 0 atom stereocenters. The van der Waals surface area contributed by atoms with Crippen molar-refractivity contribution in [3.63, 3.8) is 0 Å². The number of hydrogen-bond acceptors (Lipinski definition) is 1. The van der Waals surface area contributed by atoms with E-state index in [0.717, 1.165) is 5.70 Å². The molecule has 1 rings (SSSR count). The highest BCUT2D eigenvalue weighted by molar-refractivity contribution is 5.26. The van der Waals surface area contributed by atoms with Crippen molar-refractivity contribution in [3.8, 4) is 0 Å². The minimum absolute atomic E-state index is 0.212. The number of allylic oxidation sites excluding steroid dienone is 1. The lowest BCUT2D eigenvalue weighted by Gasteiger charge is -2.21. The number of nitrogens with zero attached hydrogens (tertiary/aromatic N) is 2. The van der Waals surface area contributed by atoms with Gasteiger partial charge >= 0.3 is 0 Å². The largest absolute Gasteiger partial charge is 0.301 e. The third-order valence-corrected chi connectivity index (χ3v) is 2.79. The highest BCUT2D eigenvalue weighted by Gasteiger charge is 2.42. The summed E-state index contributed by atoms with van der Waals surface area (Å²) in [6.07, 6.45) is 4.56. The second-order valence-electron chi connectivity index (χ2n) is 4.33. The minimum Gasteiger partial charge on any atom is -0.301 e. The highest BCUT2D eigenvalue weighted by atomic mass is 15.2. The van der Waals surface area contributed by atoms with Gasteiger partial charge in [-0.1, -0.05) is 19.9 Å². The van der Waals surface area contributed by atoms with Crippen LogP contribution in [0.2, 0.25) is 0 Å². The number of hydrogen-bond donors (Lipinski definition) is 0. The van der Waals surface area contributed by atoms with E-state index in [-0.39, 0.29) is 5.54 Å². The predicted octanol–water partition coefficient (Wildman–Crippen LogP) is 2.54. The Labute approximate surface area is 81.1 Å². The van der Waals surface area contributed by atoms with Crippen LogP contribution in [-0.2, 0) is 0 Å². The quantitative estimate of drug-likeness (QED) is 0.603. The fourth-order valence-corrected chi connectivity index (χ4v) is 1.45. The summed E-state index contributed by atoms with van der Waals surface area (Å²) in [4.78, 5) is 5.80.